The molecule has 86 valence electrons. The van der Waals surface area contributed by atoms with Crippen LogP contribution >= 0.6 is 22.9 Å². The van der Waals surface area contributed by atoms with Crippen LogP contribution in [0.2, 0.25) is 0 Å². The van der Waals surface area contributed by atoms with Crippen molar-refractivity contribution in [2.24, 2.45) is 0 Å². The van der Waals surface area contributed by atoms with Gasteiger partial charge < -0.3 is 10.2 Å². The van der Waals surface area contributed by atoms with E-state index in [1.807, 2.05) is 4.90 Å². The SMILES string of the molecule is O=C(NC1CCN(I)CC1)N1CCCC1. The molecule has 0 radical (unpaired) electrons. The summed E-state index contributed by atoms with van der Waals surface area (Å²) >= 11 is 2.35. The van der Waals surface area contributed by atoms with Crippen molar-refractivity contribution in [3.63, 3.8) is 0 Å². The molecule has 0 aromatic rings. The molecule has 2 amide bonds. The van der Waals surface area contributed by atoms with E-state index in [0.29, 0.717) is 6.04 Å². The van der Waals surface area contributed by atoms with Gasteiger partial charge in [0.25, 0.3) is 0 Å². The van der Waals surface area contributed by atoms with Gasteiger partial charge in [0.1, 0.15) is 0 Å². The predicted molar refractivity (Wildman–Crippen MR) is 68.0 cm³/mol. The van der Waals surface area contributed by atoms with Gasteiger partial charge in [-0.15, -0.1) is 0 Å². The van der Waals surface area contributed by atoms with Crippen LogP contribution in [0.5, 0.6) is 0 Å². The number of nitrogens with zero attached hydrogens (tertiary/aromatic N) is 2. The van der Waals surface area contributed by atoms with Crippen molar-refractivity contribution in [3.8, 4) is 0 Å². The maximum absolute atomic E-state index is 11.8. The fraction of sp³-hybridized carbons (Fsp3) is 0.900. The Labute approximate surface area is 105 Å². The first-order chi connectivity index (χ1) is 7.25. The molecule has 0 unspecified atom stereocenters. The van der Waals surface area contributed by atoms with E-state index in [2.05, 4.69) is 31.3 Å². The molecule has 0 aliphatic carbocycles. The Morgan fingerprint density at radius 3 is 2.33 bits per heavy atom. The van der Waals surface area contributed by atoms with Crippen LogP contribution in [0.15, 0.2) is 0 Å². The van der Waals surface area contributed by atoms with E-state index in [0.717, 1.165) is 39.0 Å². The lowest BCUT2D eigenvalue weighted by Gasteiger charge is -2.29. The number of hydrogen-bond donors (Lipinski definition) is 1. The molecule has 2 heterocycles. The van der Waals surface area contributed by atoms with Gasteiger partial charge in [-0.1, -0.05) is 0 Å². The second-order valence-electron chi connectivity index (χ2n) is 4.33. The van der Waals surface area contributed by atoms with Gasteiger partial charge in [-0.25, -0.2) is 7.91 Å². The van der Waals surface area contributed by atoms with Gasteiger partial charge in [-0.2, -0.15) is 0 Å². The smallest absolute Gasteiger partial charge is 0.317 e. The molecule has 2 saturated heterocycles. The molecular weight excluding hydrogens is 305 g/mol. The van der Waals surface area contributed by atoms with Crippen molar-refractivity contribution >= 4 is 28.9 Å². The molecule has 0 spiro atoms. The first-order valence-corrected chi connectivity index (χ1v) is 6.68. The highest BCUT2D eigenvalue weighted by atomic mass is 127. The standard InChI is InChI=1S/C10H18IN3O/c11-14-7-3-9(4-8-14)12-10(15)13-5-1-2-6-13/h9H,1-8H2,(H,12,15). The second kappa shape index (κ2) is 5.34. The summed E-state index contributed by atoms with van der Waals surface area (Å²) in [7, 11) is 0. The summed E-state index contributed by atoms with van der Waals surface area (Å²) in [4.78, 5) is 13.7. The molecule has 1 N–H and O–H groups in total. The van der Waals surface area contributed by atoms with Gasteiger partial charge in [0.2, 0.25) is 0 Å². The van der Waals surface area contributed by atoms with E-state index in [9.17, 15) is 4.79 Å². The van der Waals surface area contributed by atoms with Gasteiger partial charge >= 0.3 is 6.03 Å². The number of amides is 2. The van der Waals surface area contributed by atoms with Crippen LogP contribution < -0.4 is 5.32 Å². The minimum atomic E-state index is 0.152. The van der Waals surface area contributed by atoms with Crippen LogP contribution in [0, 0.1) is 0 Å². The number of urea groups is 1. The first kappa shape index (κ1) is 11.4. The van der Waals surface area contributed by atoms with E-state index in [4.69, 9.17) is 0 Å². The molecule has 2 rings (SSSR count). The minimum absolute atomic E-state index is 0.152. The molecule has 0 bridgehead atoms. The van der Waals surface area contributed by atoms with Crippen LogP contribution in [0.3, 0.4) is 0 Å². The van der Waals surface area contributed by atoms with E-state index >= 15 is 0 Å². The van der Waals surface area contributed by atoms with Crippen molar-refractivity contribution in [1.82, 2.24) is 13.3 Å². The van der Waals surface area contributed by atoms with E-state index in [1.165, 1.54) is 12.8 Å². The van der Waals surface area contributed by atoms with Crippen LogP contribution in [-0.2, 0) is 0 Å². The lowest BCUT2D eigenvalue weighted by Crippen LogP contribution is -2.47. The van der Waals surface area contributed by atoms with Gasteiger partial charge in [0.15, 0.2) is 0 Å². The molecule has 4 nitrogen and oxygen atoms in total. The fourth-order valence-corrected chi connectivity index (χ4v) is 2.74. The largest absolute Gasteiger partial charge is 0.335 e. The van der Waals surface area contributed by atoms with Gasteiger partial charge in [-0.3, -0.25) is 0 Å². The maximum Gasteiger partial charge on any atom is 0.317 e. The van der Waals surface area contributed by atoms with Gasteiger partial charge in [0.05, 0.1) is 0 Å². The molecule has 0 aromatic heterocycles. The molecule has 0 saturated carbocycles. The molecule has 5 heteroatoms. The molecule has 2 fully saturated rings. The summed E-state index contributed by atoms with van der Waals surface area (Å²) in [5, 5.41) is 3.14. The highest BCUT2D eigenvalue weighted by Crippen LogP contribution is 2.14. The monoisotopic (exact) mass is 323 g/mol. The average Bonchev–Trinajstić information content (AvgIpc) is 2.74. The summed E-state index contributed by atoms with van der Waals surface area (Å²) in [5.74, 6) is 0. The zero-order valence-electron chi connectivity index (χ0n) is 8.91. The van der Waals surface area contributed by atoms with Crippen molar-refractivity contribution in [1.29, 1.82) is 0 Å². The summed E-state index contributed by atoms with van der Waals surface area (Å²) < 4.78 is 2.29. The maximum atomic E-state index is 11.8. The second-order valence-corrected chi connectivity index (χ2v) is 5.69. The number of halogens is 1. The van der Waals surface area contributed by atoms with Crippen molar-refractivity contribution < 1.29 is 4.79 Å². The van der Waals surface area contributed by atoms with E-state index < -0.39 is 0 Å². The number of nitrogens with one attached hydrogen (secondary N) is 1. The molecule has 2 aliphatic heterocycles. The zero-order chi connectivity index (χ0) is 10.7. The Hall–Kier alpha value is -0.0400. The lowest BCUT2D eigenvalue weighted by molar-refractivity contribution is 0.199. The Bertz CT molecular complexity index is 223. The Morgan fingerprint density at radius 1 is 1.13 bits per heavy atom. The number of piperidine rings is 1. The minimum Gasteiger partial charge on any atom is -0.335 e. The Kier molecular flexibility index (Phi) is 4.07. The highest BCUT2D eigenvalue weighted by Gasteiger charge is 2.23. The van der Waals surface area contributed by atoms with Crippen molar-refractivity contribution in [2.75, 3.05) is 26.2 Å². The summed E-state index contributed by atoms with van der Waals surface area (Å²) in [5.41, 5.74) is 0. The van der Waals surface area contributed by atoms with Crippen LogP contribution in [0.25, 0.3) is 0 Å². The highest BCUT2D eigenvalue weighted by molar-refractivity contribution is 14.1. The first-order valence-electron chi connectivity index (χ1n) is 5.72. The number of likely N-dealkylation sites (tertiary alicyclic amines) is 1. The molecular formula is C10H18IN3O. The van der Waals surface area contributed by atoms with E-state index in [1.54, 1.807) is 0 Å². The molecule has 2 aliphatic rings. The molecule has 0 aromatic carbocycles. The molecule has 15 heavy (non-hydrogen) atoms. The Balaban J connectivity index is 1.74. The van der Waals surface area contributed by atoms with Gasteiger partial charge in [0, 0.05) is 55.1 Å². The number of carbonyl (C=O) groups is 1. The van der Waals surface area contributed by atoms with Crippen molar-refractivity contribution in [3.05, 3.63) is 0 Å². The van der Waals surface area contributed by atoms with Crippen LogP contribution in [0.1, 0.15) is 25.7 Å². The third-order valence-electron chi connectivity index (χ3n) is 3.16. The number of rotatable bonds is 1. The summed E-state index contributed by atoms with van der Waals surface area (Å²) in [6.07, 6.45) is 4.50. The number of carbonyl (C=O) groups excluding carboxylic acids is 1. The topological polar surface area (TPSA) is 35.6 Å². The van der Waals surface area contributed by atoms with Crippen LogP contribution in [-0.4, -0.2) is 46.3 Å². The summed E-state index contributed by atoms with van der Waals surface area (Å²) in [6, 6.07) is 0.545. The lowest BCUT2D eigenvalue weighted by atomic mass is 10.1. The molecule has 0 atom stereocenters. The van der Waals surface area contributed by atoms with Crippen LogP contribution in [0.4, 0.5) is 4.79 Å². The predicted octanol–water partition coefficient (Wildman–Crippen LogP) is 1.61. The van der Waals surface area contributed by atoms with E-state index in [-0.39, 0.29) is 6.03 Å². The Morgan fingerprint density at radius 2 is 1.73 bits per heavy atom. The van der Waals surface area contributed by atoms with Gasteiger partial charge in [-0.05, 0) is 25.7 Å². The summed E-state index contributed by atoms with van der Waals surface area (Å²) in [6.45, 7) is 4.06. The zero-order valence-corrected chi connectivity index (χ0v) is 11.1. The fourth-order valence-electron chi connectivity index (χ4n) is 2.18. The average molecular weight is 323 g/mol. The number of hydrogen-bond acceptors (Lipinski definition) is 2. The van der Waals surface area contributed by atoms with Crippen molar-refractivity contribution in [2.45, 2.75) is 31.7 Å². The third-order valence-corrected chi connectivity index (χ3v) is 4.13. The third kappa shape index (κ3) is 3.21. The quantitative estimate of drug-likeness (QED) is 0.588. The normalized spacial score (nSPS) is 24.5.